The van der Waals surface area contributed by atoms with E-state index in [0.717, 1.165) is 16.6 Å². The minimum Gasteiger partial charge on any atom is -0.466 e. The summed E-state index contributed by atoms with van der Waals surface area (Å²) in [5, 5.41) is 3.37. The number of esters is 1. The summed E-state index contributed by atoms with van der Waals surface area (Å²) in [6, 6.07) is 14.1. The summed E-state index contributed by atoms with van der Waals surface area (Å²) in [6.07, 6.45) is 1.47. The van der Waals surface area contributed by atoms with Crippen LogP contribution in [-0.2, 0) is 14.3 Å². The van der Waals surface area contributed by atoms with Crippen LogP contribution < -0.4 is 5.32 Å². The molecule has 144 valence electrons. The highest BCUT2D eigenvalue weighted by atomic mass is 16.5. The van der Waals surface area contributed by atoms with Crippen LogP contribution in [0.15, 0.2) is 54.7 Å². The molecule has 0 spiro atoms. The maximum atomic E-state index is 12.7. The molecule has 0 aliphatic rings. The van der Waals surface area contributed by atoms with E-state index in [1.54, 1.807) is 19.1 Å². The van der Waals surface area contributed by atoms with Gasteiger partial charge >= 0.3 is 5.97 Å². The molecule has 0 bridgehead atoms. The molecule has 0 saturated carbocycles. The van der Waals surface area contributed by atoms with Crippen molar-refractivity contribution in [3.8, 4) is 0 Å². The quantitative estimate of drug-likeness (QED) is 0.374. The minimum absolute atomic E-state index is 0.0518. The highest BCUT2D eigenvalue weighted by molar-refractivity contribution is 6.45. The lowest BCUT2D eigenvalue weighted by atomic mass is 10.0. The van der Waals surface area contributed by atoms with Gasteiger partial charge in [-0.2, -0.15) is 0 Å². The molecule has 0 aliphatic heterocycles. The van der Waals surface area contributed by atoms with Gasteiger partial charge in [-0.1, -0.05) is 48.0 Å². The number of hydrogen-bond acceptors (Lipinski definition) is 4. The van der Waals surface area contributed by atoms with Gasteiger partial charge in [0.25, 0.3) is 11.7 Å². The Morgan fingerprint density at radius 1 is 1.07 bits per heavy atom. The number of nitrogens with one attached hydrogen (secondary N) is 2. The molecule has 1 amide bonds. The van der Waals surface area contributed by atoms with Crippen molar-refractivity contribution in [1.82, 2.24) is 10.3 Å². The SMILES string of the molecule is CCOC(=O)CC(NC(=O)C(=O)c1c[nH]c2ccccc12)c1ccc(C)cc1. The van der Waals surface area contributed by atoms with Crippen LogP contribution in [-0.4, -0.2) is 29.3 Å². The Kier molecular flexibility index (Phi) is 5.89. The molecule has 1 atom stereocenters. The normalized spacial score (nSPS) is 11.8. The molecular weight excluding hydrogens is 356 g/mol. The summed E-state index contributed by atoms with van der Waals surface area (Å²) in [4.78, 5) is 40.3. The van der Waals surface area contributed by atoms with Crippen LogP contribution in [0, 0.1) is 6.92 Å². The first-order valence-corrected chi connectivity index (χ1v) is 9.13. The summed E-state index contributed by atoms with van der Waals surface area (Å²) in [6.45, 7) is 3.92. The van der Waals surface area contributed by atoms with E-state index in [0.29, 0.717) is 10.9 Å². The molecule has 6 nitrogen and oxygen atoms in total. The van der Waals surface area contributed by atoms with Crippen LogP contribution in [0.5, 0.6) is 0 Å². The topological polar surface area (TPSA) is 88.3 Å². The van der Waals surface area contributed by atoms with Crippen LogP contribution in [0.4, 0.5) is 0 Å². The lowest BCUT2D eigenvalue weighted by Crippen LogP contribution is -2.35. The lowest BCUT2D eigenvalue weighted by Gasteiger charge is -2.18. The average Bonchev–Trinajstić information content (AvgIpc) is 3.11. The number of aryl methyl sites for hydroxylation is 1. The Labute approximate surface area is 162 Å². The second-order valence-corrected chi connectivity index (χ2v) is 6.52. The van der Waals surface area contributed by atoms with Crippen LogP contribution in [0.25, 0.3) is 10.9 Å². The number of carbonyl (C=O) groups excluding carboxylic acids is 3. The molecular formula is C22H22N2O4. The number of H-pyrrole nitrogens is 1. The first-order chi connectivity index (χ1) is 13.5. The molecule has 3 rings (SSSR count). The number of Topliss-reactive ketones (excluding diaryl/α,β-unsaturated/α-hetero) is 1. The third-order valence-electron chi connectivity index (χ3n) is 4.50. The number of benzene rings is 2. The van der Waals surface area contributed by atoms with E-state index in [1.807, 2.05) is 43.3 Å². The second-order valence-electron chi connectivity index (χ2n) is 6.52. The number of rotatable bonds is 7. The fraction of sp³-hybridized carbons (Fsp3) is 0.227. The van der Waals surface area contributed by atoms with Crippen molar-refractivity contribution in [3.05, 3.63) is 71.4 Å². The maximum absolute atomic E-state index is 12.7. The number of aromatic amines is 1. The summed E-state index contributed by atoms with van der Waals surface area (Å²) in [7, 11) is 0. The first kappa shape index (κ1) is 19.4. The zero-order valence-corrected chi connectivity index (χ0v) is 15.8. The van der Waals surface area contributed by atoms with Crippen molar-refractivity contribution in [2.24, 2.45) is 0 Å². The van der Waals surface area contributed by atoms with Gasteiger partial charge in [-0.05, 0) is 25.5 Å². The van der Waals surface area contributed by atoms with E-state index in [1.165, 1.54) is 6.20 Å². The molecule has 2 N–H and O–H groups in total. The van der Waals surface area contributed by atoms with Crippen molar-refractivity contribution < 1.29 is 19.1 Å². The van der Waals surface area contributed by atoms with Crippen LogP contribution >= 0.6 is 0 Å². The largest absolute Gasteiger partial charge is 0.466 e. The Hall–Kier alpha value is -3.41. The number of fused-ring (bicyclic) bond motifs is 1. The number of amides is 1. The molecule has 0 radical (unpaired) electrons. The number of hydrogen-bond donors (Lipinski definition) is 2. The average molecular weight is 378 g/mol. The van der Waals surface area contributed by atoms with Gasteiger partial charge in [0.15, 0.2) is 0 Å². The molecule has 28 heavy (non-hydrogen) atoms. The predicted molar refractivity (Wildman–Crippen MR) is 106 cm³/mol. The number of ketones is 1. The molecule has 0 fully saturated rings. The third kappa shape index (κ3) is 4.28. The van der Waals surface area contributed by atoms with E-state index in [-0.39, 0.29) is 13.0 Å². The molecule has 6 heteroatoms. The van der Waals surface area contributed by atoms with E-state index in [4.69, 9.17) is 4.74 Å². The van der Waals surface area contributed by atoms with Crippen LogP contribution in [0.2, 0.25) is 0 Å². The van der Waals surface area contributed by atoms with E-state index >= 15 is 0 Å². The van der Waals surface area contributed by atoms with Gasteiger partial charge in [0, 0.05) is 17.1 Å². The van der Waals surface area contributed by atoms with Crippen molar-refractivity contribution in [2.45, 2.75) is 26.3 Å². The Balaban J connectivity index is 1.82. The van der Waals surface area contributed by atoms with Gasteiger partial charge in [0.05, 0.1) is 24.6 Å². The van der Waals surface area contributed by atoms with Crippen LogP contribution in [0.1, 0.15) is 40.9 Å². The van der Waals surface area contributed by atoms with Crippen molar-refractivity contribution in [3.63, 3.8) is 0 Å². The molecule has 0 aliphatic carbocycles. The molecule has 1 unspecified atom stereocenters. The Morgan fingerprint density at radius 3 is 2.50 bits per heavy atom. The minimum atomic E-state index is -0.764. The van der Waals surface area contributed by atoms with Gasteiger partial charge in [-0.15, -0.1) is 0 Å². The molecule has 3 aromatic rings. The van der Waals surface area contributed by atoms with Gasteiger partial charge in [-0.25, -0.2) is 0 Å². The second kappa shape index (κ2) is 8.52. The number of ether oxygens (including phenoxy) is 1. The fourth-order valence-electron chi connectivity index (χ4n) is 3.04. The van der Waals surface area contributed by atoms with E-state index < -0.39 is 23.7 Å². The summed E-state index contributed by atoms with van der Waals surface area (Å²) >= 11 is 0. The highest BCUT2D eigenvalue weighted by Crippen LogP contribution is 2.21. The first-order valence-electron chi connectivity index (χ1n) is 9.13. The number of aromatic nitrogens is 1. The van der Waals surface area contributed by atoms with Crippen molar-refractivity contribution >= 4 is 28.6 Å². The fourth-order valence-corrected chi connectivity index (χ4v) is 3.04. The summed E-state index contributed by atoms with van der Waals surface area (Å²) in [5.41, 5.74) is 2.87. The standard InChI is InChI=1S/C22H22N2O4/c1-3-28-20(25)12-19(15-10-8-14(2)9-11-15)24-22(27)21(26)17-13-23-18-7-5-4-6-16(17)18/h4-11,13,19,23H,3,12H2,1-2H3,(H,24,27). The lowest BCUT2D eigenvalue weighted by molar-refractivity contribution is -0.143. The van der Waals surface area contributed by atoms with E-state index in [9.17, 15) is 14.4 Å². The van der Waals surface area contributed by atoms with Gasteiger partial charge < -0.3 is 15.0 Å². The molecule has 2 aromatic carbocycles. The molecule has 0 saturated heterocycles. The maximum Gasteiger partial charge on any atom is 0.308 e. The number of para-hydroxylation sites is 1. The van der Waals surface area contributed by atoms with E-state index in [2.05, 4.69) is 10.3 Å². The van der Waals surface area contributed by atoms with Gasteiger partial charge in [-0.3, -0.25) is 14.4 Å². The Bertz CT molecular complexity index is 1000. The van der Waals surface area contributed by atoms with Crippen molar-refractivity contribution in [1.29, 1.82) is 0 Å². The highest BCUT2D eigenvalue weighted by Gasteiger charge is 2.25. The molecule has 1 aromatic heterocycles. The van der Waals surface area contributed by atoms with Crippen molar-refractivity contribution in [2.75, 3.05) is 6.61 Å². The molecule has 1 heterocycles. The Morgan fingerprint density at radius 2 is 1.79 bits per heavy atom. The smallest absolute Gasteiger partial charge is 0.308 e. The monoisotopic (exact) mass is 378 g/mol. The predicted octanol–water partition coefficient (Wildman–Crippen LogP) is 3.47. The van der Waals surface area contributed by atoms with Gasteiger partial charge in [0.2, 0.25) is 0 Å². The third-order valence-corrected chi connectivity index (χ3v) is 4.50. The summed E-state index contributed by atoms with van der Waals surface area (Å²) in [5.74, 6) is -1.86. The van der Waals surface area contributed by atoms with Crippen LogP contribution in [0.3, 0.4) is 0 Å². The summed E-state index contributed by atoms with van der Waals surface area (Å²) < 4.78 is 5.01. The zero-order valence-electron chi connectivity index (χ0n) is 15.8. The van der Waals surface area contributed by atoms with Gasteiger partial charge in [0.1, 0.15) is 0 Å². The zero-order chi connectivity index (χ0) is 20.1. The number of carbonyl (C=O) groups is 3.